The number of nitriles is 2. The number of hydrogen-bond acceptors (Lipinski definition) is 6. The molecular formula is C14H11N5OS. The van der Waals surface area contributed by atoms with Crippen LogP contribution in [0.4, 0.5) is 5.69 Å². The summed E-state index contributed by atoms with van der Waals surface area (Å²) in [4.78, 5) is 16.2. The van der Waals surface area contributed by atoms with Gasteiger partial charge in [-0.15, -0.1) is 11.3 Å². The van der Waals surface area contributed by atoms with E-state index in [4.69, 9.17) is 16.3 Å². The molecule has 7 heteroatoms. The lowest BCUT2D eigenvalue weighted by molar-refractivity contribution is 0.102. The Morgan fingerprint density at radius 1 is 1.38 bits per heavy atom. The molecule has 6 nitrogen and oxygen atoms in total. The molecule has 0 spiro atoms. The topological polar surface area (TPSA) is 116 Å². The Labute approximate surface area is 125 Å². The first kappa shape index (κ1) is 14.7. The molecule has 0 bridgehead atoms. The van der Waals surface area contributed by atoms with Gasteiger partial charge in [0, 0.05) is 11.1 Å². The van der Waals surface area contributed by atoms with Crippen LogP contribution in [0.5, 0.6) is 0 Å². The summed E-state index contributed by atoms with van der Waals surface area (Å²) in [5.74, 6) is -0.383. The number of carbonyl (C=O) groups excluding carboxylic acids is 1. The molecule has 1 aromatic heterocycles. The van der Waals surface area contributed by atoms with Gasteiger partial charge in [-0.2, -0.15) is 10.5 Å². The largest absolute Gasteiger partial charge is 0.322 e. The Morgan fingerprint density at radius 3 is 2.67 bits per heavy atom. The van der Waals surface area contributed by atoms with E-state index in [0.29, 0.717) is 10.7 Å². The molecule has 0 saturated carbocycles. The predicted octanol–water partition coefficient (Wildman–Crippen LogP) is 2.16. The summed E-state index contributed by atoms with van der Waals surface area (Å²) in [5, 5.41) is 22.7. The van der Waals surface area contributed by atoms with Gasteiger partial charge < -0.3 is 11.1 Å². The van der Waals surface area contributed by atoms with Crippen LogP contribution in [0.2, 0.25) is 0 Å². The highest BCUT2D eigenvalue weighted by atomic mass is 32.1. The van der Waals surface area contributed by atoms with Gasteiger partial charge >= 0.3 is 0 Å². The third-order valence-electron chi connectivity index (χ3n) is 2.66. The van der Waals surface area contributed by atoms with Crippen LogP contribution in [0.15, 0.2) is 23.6 Å². The summed E-state index contributed by atoms with van der Waals surface area (Å²) < 4.78 is 0. The van der Waals surface area contributed by atoms with Gasteiger partial charge in [0.1, 0.15) is 22.8 Å². The van der Waals surface area contributed by atoms with Gasteiger partial charge in [0.15, 0.2) is 0 Å². The fraction of sp³-hybridized carbons (Fsp3) is 0.143. The zero-order chi connectivity index (χ0) is 15.4. The number of nitrogens with zero attached hydrogens (tertiary/aromatic N) is 3. The molecule has 2 rings (SSSR count). The third-order valence-corrected chi connectivity index (χ3v) is 3.71. The van der Waals surface area contributed by atoms with Crippen molar-refractivity contribution >= 4 is 22.9 Å². The minimum Gasteiger partial charge on any atom is -0.322 e. The maximum absolute atomic E-state index is 12.0. The molecule has 0 fully saturated rings. The molecule has 21 heavy (non-hydrogen) atoms. The first-order valence-corrected chi connectivity index (χ1v) is 6.89. The molecule has 0 aliphatic carbocycles. The molecule has 1 aromatic carbocycles. The molecule has 0 radical (unpaired) electrons. The second kappa shape index (κ2) is 6.14. The van der Waals surface area contributed by atoms with E-state index in [9.17, 15) is 4.79 Å². The maximum atomic E-state index is 12.0. The quantitative estimate of drug-likeness (QED) is 0.900. The third kappa shape index (κ3) is 3.23. The van der Waals surface area contributed by atoms with Crippen molar-refractivity contribution in [1.29, 1.82) is 10.5 Å². The van der Waals surface area contributed by atoms with Crippen LogP contribution in [0.3, 0.4) is 0 Å². The van der Waals surface area contributed by atoms with E-state index < -0.39 is 0 Å². The van der Waals surface area contributed by atoms with Crippen LogP contribution in [0.1, 0.15) is 39.6 Å². The van der Waals surface area contributed by atoms with Crippen molar-refractivity contribution in [2.45, 2.75) is 13.0 Å². The number of nitrogens with one attached hydrogen (secondary N) is 1. The number of rotatable bonds is 3. The summed E-state index contributed by atoms with van der Waals surface area (Å²) in [5.41, 5.74) is 6.89. The Bertz CT molecular complexity index is 766. The lowest BCUT2D eigenvalue weighted by atomic mass is 10.1. The zero-order valence-electron chi connectivity index (χ0n) is 11.1. The van der Waals surface area contributed by atoms with Gasteiger partial charge in [0.2, 0.25) is 0 Å². The normalized spacial score (nSPS) is 11.2. The fourth-order valence-electron chi connectivity index (χ4n) is 1.61. The van der Waals surface area contributed by atoms with Crippen LogP contribution in [-0.2, 0) is 0 Å². The standard InChI is InChI=1S/C14H11N5OS/c1-8(17)14-19-12(7-21-14)13(20)18-11-3-2-9(5-15)10(4-11)6-16/h2-4,7-8H,17H2,1H3,(H,18,20). The highest BCUT2D eigenvalue weighted by Gasteiger charge is 2.13. The first-order chi connectivity index (χ1) is 10.0. The Kier molecular flexibility index (Phi) is 4.29. The van der Waals surface area contributed by atoms with Crippen LogP contribution in [-0.4, -0.2) is 10.9 Å². The Hall–Kier alpha value is -2.74. The molecule has 104 valence electrons. The summed E-state index contributed by atoms with van der Waals surface area (Å²) in [7, 11) is 0. The van der Waals surface area contributed by atoms with Crippen molar-refractivity contribution < 1.29 is 4.79 Å². The smallest absolute Gasteiger partial charge is 0.275 e. The van der Waals surface area contributed by atoms with Crippen molar-refractivity contribution in [1.82, 2.24) is 4.98 Å². The number of hydrogen-bond donors (Lipinski definition) is 2. The number of anilines is 1. The zero-order valence-corrected chi connectivity index (χ0v) is 11.9. The average molecular weight is 297 g/mol. The second-order valence-electron chi connectivity index (χ2n) is 4.30. The van der Waals surface area contributed by atoms with Gasteiger partial charge in [-0.25, -0.2) is 4.98 Å². The van der Waals surface area contributed by atoms with Gasteiger partial charge in [-0.05, 0) is 25.1 Å². The van der Waals surface area contributed by atoms with Crippen LogP contribution in [0.25, 0.3) is 0 Å². The average Bonchev–Trinajstić information content (AvgIpc) is 2.97. The SMILES string of the molecule is CC(N)c1nc(C(=O)Nc2ccc(C#N)c(C#N)c2)cs1. The molecule has 1 atom stereocenters. The highest BCUT2D eigenvalue weighted by molar-refractivity contribution is 7.09. The fourth-order valence-corrected chi connectivity index (χ4v) is 2.37. The number of benzene rings is 1. The highest BCUT2D eigenvalue weighted by Crippen LogP contribution is 2.18. The molecular weight excluding hydrogens is 286 g/mol. The molecule has 0 saturated heterocycles. The molecule has 3 N–H and O–H groups in total. The molecule has 0 aliphatic rings. The van der Waals surface area contributed by atoms with E-state index >= 15 is 0 Å². The monoisotopic (exact) mass is 297 g/mol. The van der Waals surface area contributed by atoms with Gasteiger partial charge in [0.25, 0.3) is 5.91 Å². The molecule has 1 heterocycles. The lowest BCUT2D eigenvalue weighted by Gasteiger charge is -2.04. The van der Waals surface area contributed by atoms with Crippen molar-refractivity contribution in [2.24, 2.45) is 5.73 Å². The molecule has 2 aromatic rings. The van der Waals surface area contributed by atoms with E-state index in [1.165, 1.54) is 23.5 Å². The van der Waals surface area contributed by atoms with E-state index in [1.54, 1.807) is 18.4 Å². The summed E-state index contributed by atoms with van der Waals surface area (Å²) >= 11 is 1.32. The van der Waals surface area contributed by atoms with Gasteiger partial charge in [-0.1, -0.05) is 0 Å². The van der Waals surface area contributed by atoms with Gasteiger partial charge in [0.05, 0.1) is 17.2 Å². The minimum atomic E-state index is -0.383. The van der Waals surface area contributed by atoms with Gasteiger partial charge in [-0.3, -0.25) is 4.79 Å². The van der Waals surface area contributed by atoms with Crippen molar-refractivity contribution in [2.75, 3.05) is 5.32 Å². The number of aromatic nitrogens is 1. The summed E-state index contributed by atoms with van der Waals surface area (Å²) in [6.07, 6.45) is 0. The molecule has 1 unspecified atom stereocenters. The van der Waals surface area contributed by atoms with E-state index in [0.717, 1.165) is 0 Å². The maximum Gasteiger partial charge on any atom is 0.275 e. The van der Waals surface area contributed by atoms with E-state index in [1.807, 2.05) is 12.1 Å². The molecule has 0 aliphatic heterocycles. The predicted molar refractivity (Wildman–Crippen MR) is 78.5 cm³/mol. The second-order valence-corrected chi connectivity index (χ2v) is 5.19. The van der Waals surface area contributed by atoms with Crippen molar-refractivity contribution in [3.63, 3.8) is 0 Å². The first-order valence-electron chi connectivity index (χ1n) is 6.01. The Balaban J connectivity index is 2.20. The molecule has 1 amide bonds. The van der Waals surface area contributed by atoms with Crippen molar-refractivity contribution in [3.05, 3.63) is 45.4 Å². The summed E-state index contributed by atoms with van der Waals surface area (Å²) in [6.45, 7) is 1.79. The van der Waals surface area contributed by atoms with Crippen LogP contribution < -0.4 is 11.1 Å². The summed E-state index contributed by atoms with van der Waals surface area (Å²) in [6, 6.07) is 8.11. The Morgan fingerprint density at radius 2 is 2.10 bits per heavy atom. The number of thiazole rings is 1. The lowest BCUT2D eigenvalue weighted by Crippen LogP contribution is -2.13. The van der Waals surface area contributed by atoms with E-state index in [2.05, 4.69) is 10.3 Å². The number of nitrogens with two attached hydrogens (primary N) is 1. The van der Waals surface area contributed by atoms with E-state index in [-0.39, 0.29) is 28.8 Å². The van der Waals surface area contributed by atoms with Crippen LogP contribution in [0, 0.1) is 22.7 Å². The number of carbonyl (C=O) groups is 1. The minimum absolute atomic E-state index is 0.213. The van der Waals surface area contributed by atoms with Crippen LogP contribution >= 0.6 is 11.3 Å². The van der Waals surface area contributed by atoms with Crippen molar-refractivity contribution in [3.8, 4) is 12.1 Å². The number of amides is 1.